The molecule has 1 aliphatic rings. The van der Waals surface area contributed by atoms with Gasteiger partial charge in [-0.05, 0) is 67.1 Å². The largest absolute Gasteiger partial charge is 0.462 e. The van der Waals surface area contributed by atoms with Crippen LogP contribution in [0.3, 0.4) is 0 Å². The van der Waals surface area contributed by atoms with Crippen molar-refractivity contribution in [2.45, 2.75) is 13.3 Å². The fourth-order valence-electron chi connectivity index (χ4n) is 3.41. The first kappa shape index (κ1) is 22.4. The van der Waals surface area contributed by atoms with Crippen LogP contribution in [0.15, 0.2) is 71.2 Å². The molecule has 166 valence electrons. The molecular formula is C25H19BrN2O5. The molecule has 8 heteroatoms. The van der Waals surface area contributed by atoms with Crippen LogP contribution in [0.2, 0.25) is 0 Å². The lowest BCUT2D eigenvalue weighted by Crippen LogP contribution is -2.29. The highest BCUT2D eigenvalue weighted by molar-refractivity contribution is 9.10. The third-order valence-corrected chi connectivity index (χ3v) is 5.56. The van der Waals surface area contributed by atoms with E-state index in [2.05, 4.69) is 21.2 Å². The number of anilines is 2. The number of nitrogens with one attached hydrogen (secondary N) is 1. The van der Waals surface area contributed by atoms with E-state index in [1.807, 2.05) is 6.92 Å². The molecule has 0 aliphatic carbocycles. The van der Waals surface area contributed by atoms with Crippen molar-refractivity contribution in [1.82, 2.24) is 0 Å². The Kier molecular flexibility index (Phi) is 6.37. The molecule has 0 saturated carbocycles. The molecule has 0 unspecified atom stereocenters. The van der Waals surface area contributed by atoms with Crippen LogP contribution in [0.25, 0.3) is 0 Å². The monoisotopic (exact) mass is 506 g/mol. The van der Waals surface area contributed by atoms with E-state index < -0.39 is 17.8 Å². The highest BCUT2D eigenvalue weighted by Crippen LogP contribution is 2.31. The molecule has 0 bridgehead atoms. The van der Waals surface area contributed by atoms with E-state index in [0.29, 0.717) is 17.7 Å². The number of nitrogens with zero attached hydrogens (tertiary/aromatic N) is 1. The molecule has 0 fully saturated rings. The Balaban J connectivity index is 1.57. The maximum absolute atomic E-state index is 13.1. The predicted octanol–water partition coefficient (Wildman–Crippen LogP) is 5.07. The fourth-order valence-corrected chi connectivity index (χ4v) is 3.67. The topological polar surface area (TPSA) is 92.8 Å². The molecule has 3 amide bonds. The van der Waals surface area contributed by atoms with E-state index in [1.54, 1.807) is 48.5 Å². The summed E-state index contributed by atoms with van der Waals surface area (Å²) in [6.45, 7) is 2.17. The number of carbonyl (C=O) groups excluding carboxylic acids is 4. The molecule has 3 aromatic rings. The van der Waals surface area contributed by atoms with Crippen molar-refractivity contribution in [2.75, 3.05) is 16.8 Å². The van der Waals surface area contributed by atoms with Crippen molar-refractivity contribution < 1.29 is 23.9 Å². The van der Waals surface area contributed by atoms with Gasteiger partial charge in [0.05, 0.1) is 29.0 Å². The second-order valence-electron chi connectivity index (χ2n) is 7.35. The van der Waals surface area contributed by atoms with Crippen LogP contribution in [0.4, 0.5) is 11.4 Å². The summed E-state index contributed by atoms with van der Waals surface area (Å²) >= 11 is 3.32. The zero-order chi connectivity index (χ0) is 23.5. The first-order valence-electron chi connectivity index (χ1n) is 10.3. The predicted molar refractivity (Wildman–Crippen MR) is 127 cm³/mol. The van der Waals surface area contributed by atoms with Crippen LogP contribution in [0, 0.1) is 0 Å². The average Bonchev–Trinajstić information content (AvgIpc) is 3.07. The van der Waals surface area contributed by atoms with Gasteiger partial charge in [-0.2, -0.15) is 0 Å². The van der Waals surface area contributed by atoms with Gasteiger partial charge in [0.1, 0.15) is 0 Å². The van der Waals surface area contributed by atoms with Crippen molar-refractivity contribution >= 4 is 51.0 Å². The number of esters is 1. The van der Waals surface area contributed by atoms with Crippen LogP contribution in [0.1, 0.15) is 54.8 Å². The highest BCUT2D eigenvalue weighted by Gasteiger charge is 2.37. The molecule has 7 nitrogen and oxygen atoms in total. The number of imide groups is 1. The maximum Gasteiger partial charge on any atom is 0.338 e. The van der Waals surface area contributed by atoms with Gasteiger partial charge in [0.2, 0.25) is 0 Å². The van der Waals surface area contributed by atoms with Gasteiger partial charge in [0, 0.05) is 15.7 Å². The van der Waals surface area contributed by atoms with Crippen molar-refractivity contribution in [2.24, 2.45) is 0 Å². The third-order valence-electron chi connectivity index (χ3n) is 5.03. The molecule has 4 rings (SSSR count). The Morgan fingerprint density at radius 1 is 0.909 bits per heavy atom. The van der Waals surface area contributed by atoms with Crippen LogP contribution < -0.4 is 10.2 Å². The Hall–Kier alpha value is -3.78. The second-order valence-corrected chi connectivity index (χ2v) is 8.27. The van der Waals surface area contributed by atoms with Crippen LogP contribution in [-0.2, 0) is 4.74 Å². The lowest BCUT2D eigenvalue weighted by atomic mass is 10.1. The molecule has 1 aliphatic heterocycles. The van der Waals surface area contributed by atoms with Gasteiger partial charge in [-0.1, -0.05) is 28.9 Å². The zero-order valence-electron chi connectivity index (χ0n) is 17.6. The lowest BCUT2D eigenvalue weighted by Gasteiger charge is -2.14. The van der Waals surface area contributed by atoms with E-state index >= 15 is 0 Å². The molecule has 0 spiro atoms. The number of halogens is 1. The Bertz CT molecular complexity index is 1270. The van der Waals surface area contributed by atoms with E-state index in [0.717, 1.165) is 9.37 Å². The number of hydrogen-bond donors (Lipinski definition) is 1. The summed E-state index contributed by atoms with van der Waals surface area (Å²) in [5, 5.41) is 2.74. The maximum atomic E-state index is 13.1. The summed E-state index contributed by atoms with van der Waals surface area (Å²) < 4.78 is 5.99. The van der Waals surface area contributed by atoms with Gasteiger partial charge in [0.25, 0.3) is 17.7 Å². The summed E-state index contributed by atoms with van der Waals surface area (Å²) in [7, 11) is 0. The lowest BCUT2D eigenvalue weighted by molar-refractivity contribution is 0.0504. The minimum atomic E-state index is -0.534. The third kappa shape index (κ3) is 4.56. The summed E-state index contributed by atoms with van der Waals surface area (Å²) in [5.74, 6) is -1.89. The highest BCUT2D eigenvalue weighted by atomic mass is 79.9. The summed E-state index contributed by atoms with van der Waals surface area (Å²) in [6.07, 6.45) is 0.685. The minimum Gasteiger partial charge on any atom is -0.462 e. The van der Waals surface area contributed by atoms with Gasteiger partial charge in [-0.3, -0.25) is 14.4 Å². The van der Waals surface area contributed by atoms with Crippen molar-refractivity contribution in [3.63, 3.8) is 0 Å². The Morgan fingerprint density at radius 3 is 2.36 bits per heavy atom. The molecule has 1 N–H and O–H groups in total. The smallest absolute Gasteiger partial charge is 0.338 e. The van der Waals surface area contributed by atoms with Crippen LogP contribution in [-0.4, -0.2) is 30.3 Å². The van der Waals surface area contributed by atoms with Crippen molar-refractivity contribution in [1.29, 1.82) is 0 Å². The average molecular weight is 507 g/mol. The molecule has 3 aromatic carbocycles. The van der Waals surface area contributed by atoms with Gasteiger partial charge in [-0.25, -0.2) is 9.69 Å². The van der Waals surface area contributed by atoms with E-state index in [-0.39, 0.29) is 34.9 Å². The van der Waals surface area contributed by atoms with Crippen molar-refractivity contribution in [3.8, 4) is 0 Å². The fraction of sp³-hybridized carbons (Fsp3) is 0.120. The van der Waals surface area contributed by atoms with Gasteiger partial charge in [-0.15, -0.1) is 0 Å². The molecule has 1 heterocycles. The van der Waals surface area contributed by atoms with E-state index in [9.17, 15) is 19.2 Å². The number of fused-ring (bicyclic) bond motifs is 1. The summed E-state index contributed by atoms with van der Waals surface area (Å²) in [5.41, 5.74) is 1.76. The number of carbonyl (C=O) groups is 4. The summed E-state index contributed by atoms with van der Waals surface area (Å²) in [6, 6.07) is 17.6. The minimum absolute atomic E-state index is 0.174. The SMILES string of the molecule is CCCOC(=O)c1cccc(N2C(=O)c3ccc(NC(=O)c4ccc(Br)cc4)cc3C2=O)c1. The molecular weight excluding hydrogens is 488 g/mol. The molecule has 0 saturated heterocycles. The summed E-state index contributed by atoms with van der Waals surface area (Å²) in [4.78, 5) is 51.7. The quantitative estimate of drug-likeness (QED) is 0.372. The van der Waals surface area contributed by atoms with Crippen molar-refractivity contribution in [3.05, 3.63) is 93.5 Å². The number of ether oxygens (including phenoxy) is 1. The van der Waals surface area contributed by atoms with Gasteiger partial charge >= 0.3 is 5.97 Å². The number of amides is 3. The number of rotatable bonds is 6. The Labute approximate surface area is 198 Å². The molecule has 0 radical (unpaired) electrons. The van der Waals surface area contributed by atoms with E-state index in [4.69, 9.17) is 4.74 Å². The van der Waals surface area contributed by atoms with E-state index in [1.165, 1.54) is 18.2 Å². The zero-order valence-corrected chi connectivity index (χ0v) is 19.2. The van der Waals surface area contributed by atoms with Crippen LogP contribution >= 0.6 is 15.9 Å². The second kappa shape index (κ2) is 9.38. The molecule has 0 atom stereocenters. The standard InChI is InChI=1S/C25H19BrN2O5/c1-2-12-33-25(32)16-4-3-5-19(13-16)28-23(30)20-11-10-18(14-21(20)24(28)31)27-22(29)15-6-8-17(26)9-7-15/h3-11,13-14H,2,12H2,1H3,(H,27,29). The first-order chi connectivity index (χ1) is 15.9. The number of benzene rings is 3. The normalized spacial score (nSPS) is 12.5. The first-order valence-corrected chi connectivity index (χ1v) is 11.0. The van der Waals surface area contributed by atoms with Gasteiger partial charge in [0.15, 0.2) is 0 Å². The molecule has 0 aromatic heterocycles. The van der Waals surface area contributed by atoms with Gasteiger partial charge < -0.3 is 10.1 Å². The number of hydrogen-bond acceptors (Lipinski definition) is 5. The molecule has 33 heavy (non-hydrogen) atoms. The van der Waals surface area contributed by atoms with Crippen LogP contribution in [0.5, 0.6) is 0 Å². The Morgan fingerprint density at radius 2 is 1.64 bits per heavy atom.